The number of nitrogens with zero attached hydrogens (tertiary/aromatic N) is 2. The number of carbonyl (C=O) groups excluding carboxylic acids is 1. The van der Waals surface area contributed by atoms with Crippen molar-refractivity contribution in [2.75, 3.05) is 11.9 Å². The number of carbonyl (C=O) groups is 1. The van der Waals surface area contributed by atoms with Gasteiger partial charge in [0.15, 0.2) is 5.13 Å². The molecule has 0 spiro atoms. The fourth-order valence-corrected chi connectivity index (χ4v) is 6.29. The van der Waals surface area contributed by atoms with E-state index in [1.165, 1.54) is 23.5 Å². The van der Waals surface area contributed by atoms with E-state index in [0.29, 0.717) is 17.2 Å². The average Bonchev–Trinajstić information content (AvgIpc) is 3.12. The first-order valence-corrected chi connectivity index (χ1v) is 11.9. The van der Waals surface area contributed by atoms with E-state index in [2.05, 4.69) is 10.3 Å². The third-order valence-corrected chi connectivity index (χ3v) is 8.27. The lowest BCUT2D eigenvalue weighted by atomic mass is 10.1. The van der Waals surface area contributed by atoms with E-state index < -0.39 is 10.0 Å². The SMILES string of the molecule is Cc1cccc2sc(NC(=O)c3ccc(S(=O)(=O)N4CCCCC4C)cc3)nc12. The van der Waals surface area contributed by atoms with Crippen LogP contribution in [-0.4, -0.2) is 36.2 Å². The molecular weight excluding hydrogens is 406 g/mol. The first-order chi connectivity index (χ1) is 13.9. The fourth-order valence-electron chi connectivity index (χ4n) is 3.65. The maximum atomic E-state index is 12.9. The third-order valence-electron chi connectivity index (χ3n) is 5.31. The van der Waals surface area contributed by atoms with Crippen LogP contribution in [0.5, 0.6) is 0 Å². The first kappa shape index (κ1) is 20.0. The van der Waals surface area contributed by atoms with Gasteiger partial charge in [0, 0.05) is 18.2 Å². The van der Waals surface area contributed by atoms with Crippen LogP contribution in [0, 0.1) is 6.92 Å². The van der Waals surface area contributed by atoms with E-state index in [0.717, 1.165) is 35.0 Å². The lowest BCUT2D eigenvalue weighted by molar-refractivity contribution is 0.102. The molecule has 1 fully saturated rings. The summed E-state index contributed by atoms with van der Waals surface area (Å²) >= 11 is 1.42. The van der Waals surface area contributed by atoms with Crippen molar-refractivity contribution in [3.8, 4) is 0 Å². The van der Waals surface area contributed by atoms with Crippen LogP contribution in [-0.2, 0) is 10.0 Å². The number of para-hydroxylation sites is 1. The molecule has 8 heteroatoms. The molecule has 1 atom stereocenters. The molecule has 1 amide bonds. The van der Waals surface area contributed by atoms with Gasteiger partial charge in [-0.2, -0.15) is 4.31 Å². The molecule has 0 saturated carbocycles. The molecule has 1 aliphatic rings. The summed E-state index contributed by atoms with van der Waals surface area (Å²) in [5, 5.41) is 3.34. The van der Waals surface area contributed by atoms with Gasteiger partial charge in [-0.15, -0.1) is 0 Å². The minimum absolute atomic E-state index is 0.000725. The van der Waals surface area contributed by atoms with Crippen molar-refractivity contribution in [2.45, 2.75) is 44.0 Å². The second-order valence-electron chi connectivity index (χ2n) is 7.38. The molecule has 152 valence electrons. The molecule has 2 heterocycles. The molecule has 0 bridgehead atoms. The molecule has 0 aliphatic carbocycles. The summed E-state index contributed by atoms with van der Waals surface area (Å²) in [7, 11) is -3.54. The summed E-state index contributed by atoms with van der Waals surface area (Å²) in [5.41, 5.74) is 2.33. The van der Waals surface area contributed by atoms with E-state index in [1.54, 1.807) is 16.4 Å². The van der Waals surface area contributed by atoms with Crippen LogP contribution in [0.25, 0.3) is 10.2 Å². The fraction of sp³-hybridized carbons (Fsp3) is 0.333. The number of hydrogen-bond donors (Lipinski definition) is 1. The van der Waals surface area contributed by atoms with Crippen molar-refractivity contribution in [3.05, 3.63) is 53.6 Å². The summed E-state index contributed by atoms with van der Waals surface area (Å²) in [6, 6.07) is 12.0. The van der Waals surface area contributed by atoms with Crippen molar-refractivity contribution in [2.24, 2.45) is 0 Å². The Kier molecular flexibility index (Phi) is 5.42. The van der Waals surface area contributed by atoms with Crippen LogP contribution in [0.1, 0.15) is 42.1 Å². The van der Waals surface area contributed by atoms with Crippen molar-refractivity contribution in [1.82, 2.24) is 9.29 Å². The lowest BCUT2D eigenvalue weighted by Gasteiger charge is -2.32. The number of nitrogens with one attached hydrogen (secondary N) is 1. The predicted octanol–water partition coefficient (Wildman–Crippen LogP) is 4.42. The first-order valence-electron chi connectivity index (χ1n) is 9.66. The smallest absolute Gasteiger partial charge is 0.257 e. The van der Waals surface area contributed by atoms with E-state index >= 15 is 0 Å². The van der Waals surface area contributed by atoms with Gasteiger partial charge in [0.25, 0.3) is 5.91 Å². The molecule has 29 heavy (non-hydrogen) atoms. The molecule has 6 nitrogen and oxygen atoms in total. The quantitative estimate of drug-likeness (QED) is 0.666. The standard InChI is InChI=1S/C21H23N3O3S2/c1-14-6-5-8-18-19(14)22-21(28-18)23-20(25)16-9-11-17(12-10-16)29(26,27)24-13-4-3-7-15(24)2/h5-6,8-12,15H,3-4,7,13H2,1-2H3,(H,22,23,25). The maximum absolute atomic E-state index is 12.9. The number of piperidine rings is 1. The summed E-state index contributed by atoms with van der Waals surface area (Å²) in [6.45, 7) is 4.47. The number of amides is 1. The molecule has 1 aromatic heterocycles. The van der Waals surface area contributed by atoms with E-state index in [-0.39, 0.29) is 16.8 Å². The molecule has 2 aromatic carbocycles. The Morgan fingerprint density at radius 3 is 2.62 bits per heavy atom. The van der Waals surface area contributed by atoms with Crippen LogP contribution < -0.4 is 5.32 Å². The molecule has 1 N–H and O–H groups in total. The van der Waals surface area contributed by atoms with Gasteiger partial charge in [0.05, 0.1) is 15.1 Å². The highest BCUT2D eigenvalue weighted by atomic mass is 32.2. The normalized spacial score (nSPS) is 18.1. The number of anilines is 1. The second-order valence-corrected chi connectivity index (χ2v) is 10.3. The van der Waals surface area contributed by atoms with Gasteiger partial charge in [-0.05, 0) is 62.6 Å². The molecule has 0 radical (unpaired) electrons. The Morgan fingerprint density at radius 2 is 1.93 bits per heavy atom. The zero-order valence-corrected chi connectivity index (χ0v) is 18.0. The minimum atomic E-state index is -3.54. The Morgan fingerprint density at radius 1 is 1.17 bits per heavy atom. The van der Waals surface area contributed by atoms with Crippen molar-refractivity contribution in [1.29, 1.82) is 0 Å². The third kappa shape index (κ3) is 3.92. The van der Waals surface area contributed by atoms with E-state index in [1.807, 2.05) is 32.0 Å². The van der Waals surface area contributed by atoms with E-state index in [9.17, 15) is 13.2 Å². The van der Waals surface area contributed by atoms with E-state index in [4.69, 9.17) is 0 Å². The van der Waals surface area contributed by atoms with Gasteiger partial charge in [0.1, 0.15) is 0 Å². The number of benzene rings is 2. The molecule has 1 unspecified atom stereocenters. The highest BCUT2D eigenvalue weighted by molar-refractivity contribution is 7.89. The number of hydrogen-bond acceptors (Lipinski definition) is 5. The maximum Gasteiger partial charge on any atom is 0.257 e. The number of aromatic nitrogens is 1. The van der Waals surface area contributed by atoms with Gasteiger partial charge < -0.3 is 0 Å². The van der Waals surface area contributed by atoms with Crippen LogP contribution in [0.3, 0.4) is 0 Å². The number of thiazole rings is 1. The number of aryl methyl sites for hydroxylation is 1. The van der Waals surface area contributed by atoms with Crippen LogP contribution in [0.15, 0.2) is 47.4 Å². The second kappa shape index (κ2) is 7.85. The van der Waals surface area contributed by atoms with Gasteiger partial charge in [0.2, 0.25) is 10.0 Å². The zero-order chi connectivity index (χ0) is 20.6. The molecule has 1 aliphatic heterocycles. The Labute approximate surface area is 174 Å². The van der Waals surface area contributed by atoms with Crippen molar-refractivity contribution >= 4 is 42.6 Å². The van der Waals surface area contributed by atoms with Crippen LogP contribution in [0.4, 0.5) is 5.13 Å². The summed E-state index contributed by atoms with van der Waals surface area (Å²) in [6.07, 6.45) is 2.81. The van der Waals surface area contributed by atoms with Crippen molar-refractivity contribution in [3.63, 3.8) is 0 Å². The van der Waals surface area contributed by atoms with Gasteiger partial charge >= 0.3 is 0 Å². The predicted molar refractivity (Wildman–Crippen MR) is 116 cm³/mol. The largest absolute Gasteiger partial charge is 0.298 e. The highest BCUT2D eigenvalue weighted by Crippen LogP contribution is 2.29. The average molecular weight is 430 g/mol. The van der Waals surface area contributed by atoms with Gasteiger partial charge in [-0.25, -0.2) is 13.4 Å². The molecule has 3 aromatic rings. The zero-order valence-electron chi connectivity index (χ0n) is 16.4. The highest BCUT2D eigenvalue weighted by Gasteiger charge is 2.30. The number of rotatable bonds is 4. The number of sulfonamides is 1. The molecular formula is C21H23N3O3S2. The molecule has 1 saturated heterocycles. The minimum Gasteiger partial charge on any atom is -0.298 e. The molecule has 4 rings (SSSR count). The van der Waals surface area contributed by atoms with Gasteiger partial charge in [-0.1, -0.05) is 29.9 Å². The Balaban J connectivity index is 1.52. The monoisotopic (exact) mass is 429 g/mol. The lowest BCUT2D eigenvalue weighted by Crippen LogP contribution is -2.41. The summed E-state index contributed by atoms with van der Waals surface area (Å²) < 4.78 is 28.4. The Bertz CT molecular complexity index is 1150. The Hall–Kier alpha value is -2.29. The topological polar surface area (TPSA) is 79.4 Å². The van der Waals surface area contributed by atoms with Crippen LogP contribution in [0.2, 0.25) is 0 Å². The summed E-state index contributed by atoms with van der Waals surface area (Å²) in [4.78, 5) is 17.3. The van der Waals surface area contributed by atoms with Crippen LogP contribution >= 0.6 is 11.3 Å². The summed E-state index contributed by atoms with van der Waals surface area (Å²) in [5.74, 6) is -0.308. The number of fused-ring (bicyclic) bond motifs is 1. The van der Waals surface area contributed by atoms with Gasteiger partial charge in [-0.3, -0.25) is 10.1 Å². The van der Waals surface area contributed by atoms with Crippen molar-refractivity contribution < 1.29 is 13.2 Å².